The summed E-state index contributed by atoms with van der Waals surface area (Å²) in [6.07, 6.45) is -0.456. The number of ether oxygens (including phenoxy) is 2. The smallest absolute Gasteiger partial charge is 0.410 e. The highest BCUT2D eigenvalue weighted by molar-refractivity contribution is 6.30. The molecule has 1 aromatic carbocycles. The van der Waals surface area contributed by atoms with Gasteiger partial charge in [-0.1, -0.05) is 23.7 Å². The molecule has 110 valence electrons. The number of amides is 1. The predicted octanol–water partition coefficient (Wildman–Crippen LogP) is 3.65. The molecule has 0 N–H and O–H groups in total. The Morgan fingerprint density at radius 2 is 2.20 bits per heavy atom. The first-order valence-electron chi connectivity index (χ1n) is 6.70. The van der Waals surface area contributed by atoms with Crippen LogP contribution in [0.5, 0.6) is 0 Å². The van der Waals surface area contributed by atoms with Gasteiger partial charge in [0.05, 0.1) is 13.2 Å². The number of carbonyl (C=O) groups is 1. The Kier molecular flexibility index (Phi) is 4.55. The Hall–Kier alpha value is -1.26. The zero-order valence-electron chi connectivity index (χ0n) is 12.1. The summed E-state index contributed by atoms with van der Waals surface area (Å²) in [4.78, 5) is 13.8. The van der Waals surface area contributed by atoms with Crippen LogP contribution in [0.4, 0.5) is 4.79 Å². The fourth-order valence-corrected chi connectivity index (χ4v) is 2.25. The maximum atomic E-state index is 12.1. The van der Waals surface area contributed by atoms with Crippen molar-refractivity contribution in [2.45, 2.75) is 32.5 Å². The molecule has 0 radical (unpaired) electrons. The molecule has 0 spiro atoms. The highest BCUT2D eigenvalue weighted by atomic mass is 35.5. The summed E-state index contributed by atoms with van der Waals surface area (Å²) in [5.74, 6) is 0. The van der Waals surface area contributed by atoms with E-state index in [2.05, 4.69) is 0 Å². The van der Waals surface area contributed by atoms with Gasteiger partial charge < -0.3 is 14.4 Å². The molecule has 1 heterocycles. The highest BCUT2D eigenvalue weighted by Gasteiger charge is 2.28. The fraction of sp³-hybridized carbons (Fsp3) is 0.533. The quantitative estimate of drug-likeness (QED) is 0.794. The molecule has 2 rings (SSSR count). The summed E-state index contributed by atoms with van der Waals surface area (Å²) < 4.78 is 11.1. The summed E-state index contributed by atoms with van der Waals surface area (Å²) in [5.41, 5.74) is 0.492. The third kappa shape index (κ3) is 4.12. The maximum absolute atomic E-state index is 12.1. The van der Waals surface area contributed by atoms with Gasteiger partial charge in [0.2, 0.25) is 0 Å². The molecule has 0 saturated carbocycles. The van der Waals surface area contributed by atoms with Crippen LogP contribution in [0.3, 0.4) is 0 Å². The number of carbonyl (C=O) groups excluding carboxylic acids is 1. The van der Waals surface area contributed by atoms with E-state index in [0.717, 1.165) is 5.56 Å². The number of halogens is 1. The minimum Gasteiger partial charge on any atom is -0.444 e. The lowest BCUT2D eigenvalue weighted by molar-refractivity contribution is -0.0432. The molecule has 0 unspecified atom stereocenters. The standard InChI is InChI=1S/C15H20ClNO3/c1-15(2,3)20-14(18)17-7-8-19-13(10-17)11-5-4-6-12(16)9-11/h4-6,9,13H,7-8,10H2,1-3H3/t13-/m1/s1. The van der Waals surface area contributed by atoms with Crippen LogP contribution in [0.15, 0.2) is 24.3 Å². The average Bonchev–Trinajstić information content (AvgIpc) is 2.37. The zero-order valence-corrected chi connectivity index (χ0v) is 12.8. The van der Waals surface area contributed by atoms with Gasteiger partial charge in [0.15, 0.2) is 0 Å². The van der Waals surface area contributed by atoms with Crippen molar-refractivity contribution in [3.8, 4) is 0 Å². The zero-order chi connectivity index (χ0) is 14.8. The van der Waals surface area contributed by atoms with Crippen molar-refractivity contribution in [2.75, 3.05) is 19.7 Å². The van der Waals surface area contributed by atoms with E-state index < -0.39 is 5.60 Å². The first-order chi connectivity index (χ1) is 9.35. The maximum Gasteiger partial charge on any atom is 0.410 e. The minimum atomic E-state index is -0.485. The summed E-state index contributed by atoms with van der Waals surface area (Å²) in [6.45, 7) is 7.11. The Labute approximate surface area is 124 Å². The fourth-order valence-electron chi connectivity index (χ4n) is 2.05. The SMILES string of the molecule is CC(C)(C)OC(=O)N1CCO[C@@H](c2cccc(Cl)c2)C1. The minimum absolute atomic E-state index is 0.157. The van der Waals surface area contributed by atoms with E-state index in [0.29, 0.717) is 24.7 Å². The number of hydrogen-bond donors (Lipinski definition) is 0. The van der Waals surface area contributed by atoms with Crippen LogP contribution in [0.1, 0.15) is 32.4 Å². The normalized spacial score (nSPS) is 19.8. The van der Waals surface area contributed by atoms with Gasteiger partial charge in [0.25, 0.3) is 0 Å². The first-order valence-corrected chi connectivity index (χ1v) is 7.08. The van der Waals surface area contributed by atoms with E-state index in [1.54, 1.807) is 4.90 Å². The third-order valence-electron chi connectivity index (χ3n) is 2.94. The van der Waals surface area contributed by atoms with Crippen LogP contribution in [0.2, 0.25) is 5.02 Å². The second-order valence-corrected chi connectivity index (χ2v) is 6.28. The third-order valence-corrected chi connectivity index (χ3v) is 3.17. The van der Waals surface area contributed by atoms with Gasteiger partial charge in [-0.05, 0) is 38.5 Å². The van der Waals surface area contributed by atoms with Crippen LogP contribution in [-0.2, 0) is 9.47 Å². The number of hydrogen-bond acceptors (Lipinski definition) is 3. The van der Waals surface area contributed by atoms with E-state index in [4.69, 9.17) is 21.1 Å². The molecule has 1 aliphatic rings. The molecule has 20 heavy (non-hydrogen) atoms. The van der Waals surface area contributed by atoms with Crippen molar-refractivity contribution < 1.29 is 14.3 Å². The van der Waals surface area contributed by atoms with Crippen molar-refractivity contribution in [3.05, 3.63) is 34.9 Å². The Balaban J connectivity index is 2.03. The molecule has 0 aliphatic carbocycles. The molecule has 4 nitrogen and oxygen atoms in total. The lowest BCUT2D eigenvalue weighted by atomic mass is 10.1. The molecule has 0 aromatic heterocycles. The Morgan fingerprint density at radius 3 is 2.85 bits per heavy atom. The van der Waals surface area contributed by atoms with Gasteiger partial charge in [-0.15, -0.1) is 0 Å². The number of nitrogens with zero attached hydrogens (tertiary/aromatic N) is 1. The van der Waals surface area contributed by atoms with Gasteiger partial charge in [0, 0.05) is 11.6 Å². The van der Waals surface area contributed by atoms with Gasteiger partial charge in [-0.3, -0.25) is 0 Å². The second kappa shape index (κ2) is 6.02. The molecule has 1 aliphatic heterocycles. The predicted molar refractivity (Wildman–Crippen MR) is 78.0 cm³/mol. The van der Waals surface area contributed by atoms with Crippen LogP contribution in [0.25, 0.3) is 0 Å². The molecular weight excluding hydrogens is 278 g/mol. The summed E-state index contributed by atoms with van der Waals surface area (Å²) in [6, 6.07) is 7.52. The Bertz CT molecular complexity index is 484. The number of morpholine rings is 1. The van der Waals surface area contributed by atoms with Crippen LogP contribution in [0, 0.1) is 0 Å². The van der Waals surface area contributed by atoms with Crippen molar-refractivity contribution in [3.63, 3.8) is 0 Å². The van der Waals surface area contributed by atoms with E-state index >= 15 is 0 Å². The Morgan fingerprint density at radius 1 is 1.45 bits per heavy atom. The molecule has 1 atom stereocenters. The van der Waals surface area contributed by atoms with Crippen molar-refractivity contribution in [1.29, 1.82) is 0 Å². The largest absolute Gasteiger partial charge is 0.444 e. The van der Waals surface area contributed by atoms with Gasteiger partial charge in [-0.25, -0.2) is 4.79 Å². The average molecular weight is 298 g/mol. The summed E-state index contributed by atoms with van der Waals surface area (Å²) >= 11 is 5.99. The van der Waals surface area contributed by atoms with E-state index in [9.17, 15) is 4.79 Å². The van der Waals surface area contributed by atoms with Gasteiger partial charge in [-0.2, -0.15) is 0 Å². The monoisotopic (exact) mass is 297 g/mol. The molecular formula is C15H20ClNO3. The van der Waals surface area contributed by atoms with Crippen molar-refractivity contribution in [2.24, 2.45) is 0 Å². The van der Waals surface area contributed by atoms with Gasteiger partial charge >= 0.3 is 6.09 Å². The lowest BCUT2D eigenvalue weighted by Crippen LogP contribution is -2.44. The molecule has 1 aromatic rings. The summed E-state index contributed by atoms with van der Waals surface area (Å²) in [7, 11) is 0. The lowest BCUT2D eigenvalue weighted by Gasteiger charge is -2.34. The van der Waals surface area contributed by atoms with Crippen LogP contribution < -0.4 is 0 Å². The second-order valence-electron chi connectivity index (χ2n) is 5.84. The van der Waals surface area contributed by atoms with E-state index in [-0.39, 0.29) is 12.2 Å². The molecule has 1 amide bonds. The topological polar surface area (TPSA) is 38.8 Å². The molecule has 5 heteroatoms. The molecule has 0 bridgehead atoms. The van der Waals surface area contributed by atoms with E-state index in [1.807, 2.05) is 45.0 Å². The van der Waals surface area contributed by atoms with E-state index in [1.165, 1.54) is 0 Å². The number of benzene rings is 1. The summed E-state index contributed by atoms with van der Waals surface area (Å²) in [5, 5.41) is 0.667. The molecule has 1 fully saturated rings. The van der Waals surface area contributed by atoms with Crippen LogP contribution >= 0.6 is 11.6 Å². The van der Waals surface area contributed by atoms with Crippen molar-refractivity contribution >= 4 is 17.7 Å². The number of rotatable bonds is 1. The van der Waals surface area contributed by atoms with Crippen LogP contribution in [-0.4, -0.2) is 36.3 Å². The van der Waals surface area contributed by atoms with Crippen molar-refractivity contribution in [1.82, 2.24) is 4.90 Å². The highest BCUT2D eigenvalue weighted by Crippen LogP contribution is 2.25. The molecule has 1 saturated heterocycles. The van der Waals surface area contributed by atoms with Gasteiger partial charge in [0.1, 0.15) is 11.7 Å². The first kappa shape index (κ1) is 15.1.